The third-order valence-electron chi connectivity index (χ3n) is 3.58. The van der Waals surface area contributed by atoms with Crippen LogP contribution in [0.2, 0.25) is 5.02 Å². The van der Waals surface area contributed by atoms with Gasteiger partial charge >= 0.3 is 0 Å². The molecule has 5 heteroatoms. The van der Waals surface area contributed by atoms with E-state index in [4.69, 9.17) is 11.6 Å². The summed E-state index contributed by atoms with van der Waals surface area (Å²) in [6.45, 7) is 1.67. The lowest BCUT2D eigenvalue weighted by Gasteiger charge is -2.20. The zero-order valence-corrected chi connectivity index (χ0v) is 12.0. The van der Waals surface area contributed by atoms with Crippen LogP contribution in [0, 0.1) is 5.82 Å². The maximum absolute atomic E-state index is 13.1. The minimum atomic E-state index is -0.533. The van der Waals surface area contributed by atoms with E-state index in [1.54, 1.807) is 0 Å². The average molecular weight is 305 g/mol. The lowest BCUT2D eigenvalue weighted by molar-refractivity contribution is 0.102. The molecule has 0 unspecified atom stereocenters. The van der Waals surface area contributed by atoms with Gasteiger partial charge in [0.25, 0.3) is 5.91 Å². The van der Waals surface area contributed by atoms with Crippen molar-refractivity contribution in [3.63, 3.8) is 0 Å². The van der Waals surface area contributed by atoms with E-state index < -0.39 is 5.82 Å². The number of benzene rings is 2. The van der Waals surface area contributed by atoms with E-state index in [9.17, 15) is 9.18 Å². The van der Waals surface area contributed by atoms with Crippen molar-refractivity contribution in [3.05, 3.63) is 63.9 Å². The Balaban J connectivity index is 1.86. The second-order valence-electron chi connectivity index (χ2n) is 4.95. The Labute approximate surface area is 127 Å². The summed E-state index contributed by atoms with van der Waals surface area (Å²) in [7, 11) is 0. The molecule has 0 bridgehead atoms. The Morgan fingerprint density at radius 3 is 2.95 bits per heavy atom. The highest BCUT2D eigenvalue weighted by molar-refractivity contribution is 6.31. The molecule has 2 aromatic carbocycles. The molecule has 0 saturated carbocycles. The van der Waals surface area contributed by atoms with Crippen LogP contribution in [0.3, 0.4) is 0 Å². The number of amides is 1. The first-order valence-electron chi connectivity index (χ1n) is 6.73. The van der Waals surface area contributed by atoms with Crippen LogP contribution >= 0.6 is 11.6 Å². The molecule has 3 nitrogen and oxygen atoms in total. The van der Waals surface area contributed by atoms with Crippen molar-refractivity contribution >= 4 is 23.2 Å². The van der Waals surface area contributed by atoms with Crippen LogP contribution in [-0.2, 0) is 13.0 Å². The Morgan fingerprint density at radius 1 is 1.29 bits per heavy atom. The summed E-state index contributed by atoms with van der Waals surface area (Å²) in [5.41, 5.74) is 3.46. The van der Waals surface area contributed by atoms with Crippen LogP contribution in [0.15, 0.2) is 36.4 Å². The van der Waals surface area contributed by atoms with E-state index in [0.717, 1.165) is 30.8 Å². The number of anilines is 1. The Morgan fingerprint density at radius 2 is 2.14 bits per heavy atom. The zero-order valence-electron chi connectivity index (χ0n) is 11.2. The van der Waals surface area contributed by atoms with Gasteiger partial charge in [-0.3, -0.25) is 4.79 Å². The quantitative estimate of drug-likeness (QED) is 0.893. The molecule has 3 rings (SSSR count). The van der Waals surface area contributed by atoms with E-state index in [1.165, 1.54) is 23.8 Å². The van der Waals surface area contributed by atoms with Crippen LogP contribution in [0.5, 0.6) is 0 Å². The largest absolute Gasteiger partial charge is 0.322 e. The molecule has 0 spiro atoms. The predicted molar refractivity (Wildman–Crippen MR) is 81.2 cm³/mol. The molecule has 1 amide bonds. The standard InChI is InChI=1S/C16H14ClFN2O/c17-13-8-11(4-5-14(13)18)16(21)20-15-3-1-2-10-6-7-19-9-12(10)15/h1-5,8,19H,6-7,9H2,(H,20,21). The number of hydrogen-bond acceptors (Lipinski definition) is 2. The third-order valence-corrected chi connectivity index (χ3v) is 3.87. The maximum Gasteiger partial charge on any atom is 0.255 e. The molecule has 21 heavy (non-hydrogen) atoms. The summed E-state index contributed by atoms with van der Waals surface area (Å²) in [4.78, 5) is 12.3. The molecular formula is C16H14ClFN2O. The minimum absolute atomic E-state index is 0.0561. The molecule has 0 aliphatic carbocycles. The highest BCUT2D eigenvalue weighted by atomic mass is 35.5. The highest BCUT2D eigenvalue weighted by Crippen LogP contribution is 2.24. The van der Waals surface area contributed by atoms with Crippen LogP contribution < -0.4 is 10.6 Å². The average Bonchev–Trinajstić information content (AvgIpc) is 2.50. The van der Waals surface area contributed by atoms with Crippen LogP contribution in [0.1, 0.15) is 21.5 Å². The van der Waals surface area contributed by atoms with Crippen molar-refractivity contribution in [1.29, 1.82) is 0 Å². The topological polar surface area (TPSA) is 41.1 Å². The molecule has 1 aliphatic rings. The normalized spacial score (nSPS) is 13.6. The van der Waals surface area contributed by atoms with Crippen LogP contribution in [0.4, 0.5) is 10.1 Å². The lowest BCUT2D eigenvalue weighted by atomic mass is 9.99. The van der Waals surface area contributed by atoms with Gasteiger partial charge in [0, 0.05) is 17.8 Å². The number of hydrogen-bond donors (Lipinski definition) is 2. The molecule has 0 fully saturated rings. The van der Waals surface area contributed by atoms with Gasteiger partial charge in [-0.1, -0.05) is 23.7 Å². The summed E-state index contributed by atoms with van der Waals surface area (Å²) in [6.07, 6.45) is 0.946. The van der Waals surface area contributed by atoms with Gasteiger partial charge in [-0.2, -0.15) is 0 Å². The monoisotopic (exact) mass is 304 g/mol. The summed E-state index contributed by atoms with van der Waals surface area (Å²) >= 11 is 5.71. The molecule has 1 aliphatic heterocycles. The molecule has 0 aromatic heterocycles. The molecule has 0 saturated heterocycles. The SMILES string of the molecule is O=C(Nc1cccc2c1CNCC2)c1ccc(F)c(Cl)c1. The van der Waals surface area contributed by atoms with Crippen molar-refractivity contribution in [2.45, 2.75) is 13.0 Å². The first-order chi connectivity index (χ1) is 10.1. The van der Waals surface area contributed by atoms with Crippen LogP contribution in [0.25, 0.3) is 0 Å². The van der Waals surface area contributed by atoms with Gasteiger partial charge in [0.15, 0.2) is 0 Å². The molecule has 0 radical (unpaired) electrons. The van der Waals surface area contributed by atoms with E-state index in [-0.39, 0.29) is 10.9 Å². The number of rotatable bonds is 2. The Bertz CT molecular complexity index is 703. The zero-order chi connectivity index (χ0) is 14.8. The van der Waals surface area contributed by atoms with Gasteiger partial charge in [0.2, 0.25) is 0 Å². The second-order valence-corrected chi connectivity index (χ2v) is 5.36. The Kier molecular flexibility index (Phi) is 3.90. The van der Waals surface area contributed by atoms with Crippen molar-refractivity contribution in [1.82, 2.24) is 5.32 Å². The fraction of sp³-hybridized carbons (Fsp3) is 0.188. The highest BCUT2D eigenvalue weighted by Gasteiger charge is 2.15. The minimum Gasteiger partial charge on any atom is -0.322 e. The maximum atomic E-state index is 13.1. The third kappa shape index (κ3) is 2.91. The molecule has 2 aromatic rings. The number of fused-ring (bicyclic) bond motifs is 1. The Hall–Kier alpha value is -1.91. The lowest BCUT2D eigenvalue weighted by Crippen LogP contribution is -2.25. The van der Waals surface area contributed by atoms with E-state index >= 15 is 0 Å². The van der Waals surface area contributed by atoms with Gasteiger partial charge in [-0.15, -0.1) is 0 Å². The van der Waals surface area contributed by atoms with Crippen molar-refractivity contribution in [2.75, 3.05) is 11.9 Å². The van der Waals surface area contributed by atoms with Gasteiger partial charge in [0.1, 0.15) is 5.82 Å². The first-order valence-corrected chi connectivity index (χ1v) is 7.11. The number of carbonyl (C=O) groups is 1. The first kappa shape index (κ1) is 14.0. The fourth-order valence-corrected chi connectivity index (χ4v) is 2.64. The molecule has 108 valence electrons. The molecule has 1 heterocycles. The van der Waals surface area contributed by atoms with Gasteiger partial charge < -0.3 is 10.6 Å². The smallest absolute Gasteiger partial charge is 0.255 e. The van der Waals surface area contributed by atoms with Crippen molar-refractivity contribution in [2.24, 2.45) is 0 Å². The summed E-state index contributed by atoms with van der Waals surface area (Å²) in [5.74, 6) is -0.828. The molecule has 2 N–H and O–H groups in total. The summed E-state index contributed by atoms with van der Waals surface area (Å²) < 4.78 is 13.1. The second kappa shape index (κ2) is 5.84. The number of carbonyl (C=O) groups excluding carboxylic acids is 1. The summed E-state index contributed by atoms with van der Waals surface area (Å²) in [6, 6.07) is 9.82. The number of nitrogens with one attached hydrogen (secondary N) is 2. The van der Waals surface area contributed by atoms with E-state index in [0.29, 0.717) is 5.56 Å². The fourth-order valence-electron chi connectivity index (χ4n) is 2.46. The van der Waals surface area contributed by atoms with E-state index in [1.807, 2.05) is 12.1 Å². The molecule has 0 atom stereocenters. The van der Waals surface area contributed by atoms with Crippen LogP contribution in [-0.4, -0.2) is 12.5 Å². The van der Waals surface area contributed by atoms with Gasteiger partial charge in [0.05, 0.1) is 5.02 Å². The van der Waals surface area contributed by atoms with E-state index in [2.05, 4.69) is 16.7 Å². The summed E-state index contributed by atoms with van der Waals surface area (Å²) in [5, 5.41) is 6.11. The predicted octanol–water partition coefficient (Wildman–Crippen LogP) is 3.38. The van der Waals surface area contributed by atoms with Gasteiger partial charge in [-0.25, -0.2) is 4.39 Å². The van der Waals surface area contributed by atoms with Crippen molar-refractivity contribution < 1.29 is 9.18 Å². The van der Waals surface area contributed by atoms with Gasteiger partial charge in [-0.05, 0) is 48.4 Å². The number of halogens is 2. The van der Waals surface area contributed by atoms with Crippen molar-refractivity contribution in [3.8, 4) is 0 Å². The molecular weight excluding hydrogens is 291 g/mol.